The summed E-state index contributed by atoms with van der Waals surface area (Å²) in [4.78, 5) is 27.0. The zero-order valence-electron chi connectivity index (χ0n) is 19.0. The van der Waals surface area contributed by atoms with Crippen LogP contribution in [-0.2, 0) is 19.4 Å². The van der Waals surface area contributed by atoms with Crippen molar-refractivity contribution in [1.29, 1.82) is 5.26 Å². The Balaban J connectivity index is 1.91. The molecule has 9 nitrogen and oxygen atoms in total. The molecule has 0 aromatic heterocycles. The molecule has 1 aliphatic heterocycles. The van der Waals surface area contributed by atoms with Gasteiger partial charge in [0.15, 0.2) is 9.84 Å². The zero-order valence-corrected chi connectivity index (χ0v) is 19.9. The number of rotatable bonds is 7. The molecular weight excluding hydrogens is 446 g/mol. The van der Waals surface area contributed by atoms with E-state index in [1.807, 2.05) is 0 Å². The Morgan fingerprint density at radius 1 is 1.33 bits per heavy atom. The average molecular weight is 476 g/mol. The van der Waals surface area contributed by atoms with Gasteiger partial charge in [0, 0.05) is 6.54 Å². The minimum atomic E-state index is -3.96. The van der Waals surface area contributed by atoms with Crippen LogP contribution in [0.4, 0.5) is 4.79 Å². The van der Waals surface area contributed by atoms with Gasteiger partial charge in [-0.1, -0.05) is 24.8 Å². The van der Waals surface area contributed by atoms with Crippen molar-refractivity contribution >= 4 is 21.8 Å². The number of carbonyl (C=O) groups is 2. The standard InChI is InChI=1S/C23H29N3O6S/c1-5-12-31-18-8-6-7-9-19(18)33(29,30)16-13-17(20(27)25-23(15-24)10-11-23)26(14-16)21(28)32-22(2,3)4/h5-9,16-17H,1,10-14H2,2-4H3,(H,25,27). The van der Waals surface area contributed by atoms with Crippen LogP contribution in [0.5, 0.6) is 5.75 Å². The Morgan fingerprint density at radius 2 is 2.00 bits per heavy atom. The van der Waals surface area contributed by atoms with E-state index in [0.29, 0.717) is 12.8 Å². The maximum absolute atomic E-state index is 13.5. The third-order valence-electron chi connectivity index (χ3n) is 5.47. The number of hydrogen-bond donors (Lipinski definition) is 1. The Kier molecular flexibility index (Phi) is 6.75. The van der Waals surface area contributed by atoms with E-state index in [2.05, 4.69) is 18.0 Å². The molecule has 1 saturated carbocycles. The summed E-state index contributed by atoms with van der Waals surface area (Å²) in [5.41, 5.74) is -1.77. The smallest absolute Gasteiger partial charge is 0.411 e. The summed E-state index contributed by atoms with van der Waals surface area (Å²) in [5.74, 6) is -0.385. The van der Waals surface area contributed by atoms with Gasteiger partial charge in [-0.2, -0.15) is 5.26 Å². The number of nitrogens with zero attached hydrogens (tertiary/aromatic N) is 2. The molecule has 0 bridgehead atoms. The number of likely N-dealkylation sites (tertiary alicyclic amines) is 1. The second kappa shape index (κ2) is 9.06. The molecule has 33 heavy (non-hydrogen) atoms. The second-order valence-electron chi connectivity index (χ2n) is 9.28. The molecule has 0 radical (unpaired) electrons. The molecule has 2 unspecified atom stereocenters. The third-order valence-corrected chi connectivity index (χ3v) is 7.64. The van der Waals surface area contributed by atoms with Crippen LogP contribution in [0.1, 0.15) is 40.0 Å². The highest BCUT2D eigenvalue weighted by atomic mass is 32.2. The molecule has 1 heterocycles. The van der Waals surface area contributed by atoms with E-state index in [0.717, 1.165) is 4.90 Å². The van der Waals surface area contributed by atoms with Gasteiger partial charge in [0.25, 0.3) is 0 Å². The average Bonchev–Trinajstić information content (AvgIpc) is 3.35. The molecule has 1 aromatic carbocycles. The summed E-state index contributed by atoms with van der Waals surface area (Å²) in [6.07, 6.45) is 1.64. The van der Waals surface area contributed by atoms with Crippen molar-refractivity contribution in [2.75, 3.05) is 13.2 Å². The lowest BCUT2D eigenvalue weighted by atomic mass is 10.2. The van der Waals surface area contributed by atoms with Gasteiger partial charge in [-0.15, -0.1) is 0 Å². The molecule has 2 aliphatic rings. The zero-order chi connectivity index (χ0) is 24.4. The molecule has 1 aromatic rings. The van der Waals surface area contributed by atoms with Crippen LogP contribution in [0, 0.1) is 11.3 Å². The van der Waals surface area contributed by atoms with Crippen molar-refractivity contribution in [1.82, 2.24) is 10.2 Å². The summed E-state index contributed by atoms with van der Waals surface area (Å²) in [7, 11) is -3.96. The number of para-hydroxylation sites is 1. The van der Waals surface area contributed by atoms with Crippen molar-refractivity contribution in [3.63, 3.8) is 0 Å². The van der Waals surface area contributed by atoms with Gasteiger partial charge in [0.05, 0.1) is 11.3 Å². The summed E-state index contributed by atoms with van der Waals surface area (Å²) in [6, 6.07) is 7.23. The number of benzene rings is 1. The van der Waals surface area contributed by atoms with Crippen LogP contribution in [0.15, 0.2) is 41.8 Å². The summed E-state index contributed by atoms with van der Waals surface area (Å²) in [6.45, 7) is 8.54. The molecule has 2 fully saturated rings. The lowest BCUT2D eigenvalue weighted by Crippen LogP contribution is -2.50. The predicted octanol–water partition coefficient (Wildman–Crippen LogP) is 2.58. The Morgan fingerprint density at radius 3 is 2.58 bits per heavy atom. The fourth-order valence-electron chi connectivity index (χ4n) is 3.63. The van der Waals surface area contributed by atoms with Crippen molar-refractivity contribution < 1.29 is 27.5 Å². The van der Waals surface area contributed by atoms with Gasteiger partial charge in [0.2, 0.25) is 5.91 Å². The molecule has 2 atom stereocenters. The van der Waals surface area contributed by atoms with Crippen molar-refractivity contribution in [2.24, 2.45) is 0 Å². The number of amides is 2. The van der Waals surface area contributed by atoms with Gasteiger partial charge in [-0.25, -0.2) is 13.2 Å². The van der Waals surface area contributed by atoms with Crippen LogP contribution in [0.3, 0.4) is 0 Å². The first-order valence-electron chi connectivity index (χ1n) is 10.7. The topological polar surface area (TPSA) is 126 Å². The fraction of sp³-hybridized carbons (Fsp3) is 0.522. The van der Waals surface area contributed by atoms with Gasteiger partial charge >= 0.3 is 6.09 Å². The molecule has 10 heteroatoms. The first kappa shape index (κ1) is 24.6. The largest absolute Gasteiger partial charge is 0.488 e. The first-order chi connectivity index (χ1) is 15.4. The molecule has 2 amide bonds. The van der Waals surface area contributed by atoms with Crippen LogP contribution >= 0.6 is 0 Å². The quantitative estimate of drug-likeness (QED) is 0.601. The number of nitrogens with one attached hydrogen (secondary N) is 1. The summed E-state index contributed by atoms with van der Waals surface area (Å²) < 4.78 is 38.0. The normalized spacial score (nSPS) is 21.6. The van der Waals surface area contributed by atoms with E-state index in [-0.39, 0.29) is 30.2 Å². The predicted molar refractivity (Wildman–Crippen MR) is 120 cm³/mol. The summed E-state index contributed by atoms with van der Waals surface area (Å²) in [5, 5.41) is 10.9. The Labute approximate surface area is 194 Å². The van der Waals surface area contributed by atoms with Crippen LogP contribution < -0.4 is 10.1 Å². The molecule has 1 saturated heterocycles. The molecular formula is C23H29N3O6S. The minimum absolute atomic E-state index is 0.0160. The van der Waals surface area contributed by atoms with E-state index in [4.69, 9.17) is 9.47 Å². The number of nitriles is 1. The first-order valence-corrected chi connectivity index (χ1v) is 12.3. The lowest BCUT2D eigenvalue weighted by molar-refractivity contribution is -0.126. The number of hydrogen-bond acceptors (Lipinski definition) is 7. The Bertz CT molecular complexity index is 1080. The van der Waals surface area contributed by atoms with Crippen molar-refractivity contribution in [2.45, 2.75) is 67.4 Å². The molecule has 1 N–H and O–H groups in total. The van der Waals surface area contributed by atoms with E-state index in [9.17, 15) is 23.3 Å². The monoisotopic (exact) mass is 475 g/mol. The molecule has 178 valence electrons. The van der Waals surface area contributed by atoms with E-state index < -0.39 is 44.3 Å². The molecule has 3 rings (SSSR count). The van der Waals surface area contributed by atoms with E-state index in [1.54, 1.807) is 39.0 Å². The van der Waals surface area contributed by atoms with Crippen LogP contribution in [0.2, 0.25) is 0 Å². The maximum atomic E-state index is 13.5. The molecule has 1 aliphatic carbocycles. The van der Waals surface area contributed by atoms with Crippen molar-refractivity contribution in [3.05, 3.63) is 36.9 Å². The van der Waals surface area contributed by atoms with E-state index in [1.165, 1.54) is 12.1 Å². The highest BCUT2D eigenvalue weighted by Crippen LogP contribution is 2.37. The lowest BCUT2D eigenvalue weighted by Gasteiger charge is -2.28. The third kappa shape index (κ3) is 5.47. The highest BCUT2D eigenvalue weighted by Gasteiger charge is 2.51. The summed E-state index contributed by atoms with van der Waals surface area (Å²) >= 11 is 0. The van der Waals surface area contributed by atoms with Crippen LogP contribution in [-0.4, -0.2) is 60.9 Å². The minimum Gasteiger partial charge on any atom is -0.488 e. The Hall–Kier alpha value is -3.06. The number of sulfone groups is 1. The van der Waals surface area contributed by atoms with E-state index >= 15 is 0 Å². The number of carbonyl (C=O) groups excluding carboxylic acids is 2. The van der Waals surface area contributed by atoms with Gasteiger partial charge in [0.1, 0.15) is 34.4 Å². The highest BCUT2D eigenvalue weighted by molar-refractivity contribution is 7.92. The van der Waals surface area contributed by atoms with Gasteiger partial charge in [-0.3, -0.25) is 9.69 Å². The van der Waals surface area contributed by atoms with Crippen molar-refractivity contribution in [3.8, 4) is 11.8 Å². The fourth-order valence-corrected chi connectivity index (χ4v) is 5.46. The second-order valence-corrected chi connectivity index (χ2v) is 11.5. The maximum Gasteiger partial charge on any atom is 0.411 e. The SMILES string of the molecule is C=CCOc1ccccc1S(=O)(=O)C1CC(C(=O)NC2(C#N)CC2)N(C(=O)OC(C)(C)C)C1. The van der Waals surface area contributed by atoms with Crippen LogP contribution in [0.25, 0.3) is 0 Å². The molecule has 0 spiro atoms. The van der Waals surface area contributed by atoms with Gasteiger partial charge in [-0.05, 0) is 52.2 Å². The van der Waals surface area contributed by atoms with Gasteiger partial charge < -0.3 is 14.8 Å². The number of ether oxygens (including phenoxy) is 2.